The van der Waals surface area contributed by atoms with Gasteiger partial charge in [-0.3, -0.25) is 4.79 Å². The van der Waals surface area contributed by atoms with Gasteiger partial charge in [-0.2, -0.15) is 0 Å². The van der Waals surface area contributed by atoms with Crippen molar-refractivity contribution >= 4 is 33.1 Å². The second-order valence-corrected chi connectivity index (χ2v) is 8.42. The van der Waals surface area contributed by atoms with Crippen LogP contribution in [0, 0.1) is 0 Å². The second kappa shape index (κ2) is 5.31. The molecule has 23 heavy (non-hydrogen) atoms. The van der Waals surface area contributed by atoms with Crippen LogP contribution >= 0.6 is 11.3 Å². The number of carbonyl (C=O) groups is 1. The third kappa shape index (κ3) is 2.61. The Balaban J connectivity index is 1.65. The molecule has 1 amide bonds. The normalized spacial score (nSPS) is 22.1. The highest BCUT2D eigenvalue weighted by Gasteiger charge is 2.33. The van der Waals surface area contributed by atoms with Crippen LogP contribution in [-0.4, -0.2) is 48.8 Å². The summed E-state index contributed by atoms with van der Waals surface area (Å²) in [5.74, 6) is 0.0662. The number of thiophene rings is 1. The predicted molar refractivity (Wildman–Crippen MR) is 88.6 cm³/mol. The fraction of sp³-hybridized carbons (Fsp3) is 0.333. The number of sulfonamides is 1. The summed E-state index contributed by atoms with van der Waals surface area (Å²) < 4.78 is 27.4. The van der Waals surface area contributed by atoms with Crippen LogP contribution in [0.4, 0.5) is 0 Å². The Bertz CT molecular complexity index is 864. The molecular weight excluding hydrogens is 334 g/mol. The fourth-order valence-corrected chi connectivity index (χ4v) is 4.85. The van der Waals surface area contributed by atoms with Crippen LogP contribution < -0.4 is 0 Å². The number of amides is 1. The van der Waals surface area contributed by atoms with Crippen molar-refractivity contribution in [2.45, 2.75) is 13.0 Å². The Labute approximate surface area is 138 Å². The van der Waals surface area contributed by atoms with E-state index in [1.165, 1.54) is 10.4 Å². The van der Waals surface area contributed by atoms with E-state index in [4.69, 9.17) is 0 Å². The fourth-order valence-electron chi connectivity index (χ4n) is 2.98. The largest absolute Gasteiger partial charge is 0.334 e. The number of hydrogen-bond acceptors (Lipinski definition) is 5. The monoisotopic (exact) mass is 349 g/mol. The van der Waals surface area contributed by atoms with Crippen molar-refractivity contribution in [1.29, 1.82) is 0 Å². The third-order valence-electron chi connectivity index (χ3n) is 4.18. The van der Waals surface area contributed by atoms with Gasteiger partial charge in [-0.1, -0.05) is 0 Å². The average Bonchev–Trinajstić information content (AvgIpc) is 3.00. The Hall–Kier alpha value is -1.93. The molecule has 6 nitrogen and oxygen atoms in total. The molecule has 0 saturated heterocycles. The molecule has 4 heterocycles. The van der Waals surface area contributed by atoms with Gasteiger partial charge in [-0.15, -0.1) is 15.7 Å². The van der Waals surface area contributed by atoms with Crippen molar-refractivity contribution in [2.24, 2.45) is 4.40 Å². The summed E-state index contributed by atoms with van der Waals surface area (Å²) in [7, 11) is -3.49. The highest BCUT2D eigenvalue weighted by molar-refractivity contribution is 7.90. The van der Waals surface area contributed by atoms with Gasteiger partial charge in [-0.05, 0) is 35.6 Å². The maximum Gasteiger partial charge on any atom is 0.257 e. The van der Waals surface area contributed by atoms with Crippen molar-refractivity contribution in [3.8, 4) is 0 Å². The van der Waals surface area contributed by atoms with Crippen LogP contribution in [0.25, 0.3) is 0 Å². The first-order chi connectivity index (χ1) is 11.0. The summed E-state index contributed by atoms with van der Waals surface area (Å²) in [6.45, 7) is 1.54. The van der Waals surface area contributed by atoms with E-state index in [0.717, 1.165) is 6.42 Å². The van der Waals surface area contributed by atoms with Gasteiger partial charge in [0.25, 0.3) is 15.9 Å². The minimum atomic E-state index is -3.49. The van der Waals surface area contributed by atoms with Crippen molar-refractivity contribution in [3.05, 3.63) is 45.8 Å². The highest BCUT2D eigenvalue weighted by atomic mass is 32.2. The molecular formula is C15H15N3O3S2. The standard InChI is InChI=1S/C15H15N3O3S2/c19-15(18-6-3-13-11(10-18)4-8-22-13)12-2-1-5-17-7-9-23(20,21)16-14(12)17/h1-2,4-5,8H,3,6-7,9-10H2. The lowest BCUT2D eigenvalue weighted by Crippen LogP contribution is -2.44. The number of allylic oxidation sites excluding steroid dienone is 2. The van der Waals surface area contributed by atoms with Crippen molar-refractivity contribution in [2.75, 3.05) is 18.8 Å². The first-order valence-corrected chi connectivity index (χ1v) is 9.85. The summed E-state index contributed by atoms with van der Waals surface area (Å²) in [5, 5.41) is 2.04. The van der Waals surface area contributed by atoms with Gasteiger partial charge < -0.3 is 9.80 Å². The molecule has 0 N–H and O–H groups in total. The van der Waals surface area contributed by atoms with E-state index in [9.17, 15) is 13.2 Å². The molecule has 3 aliphatic rings. The lowest BCUT2D eigenvalue weighted by Gasteiger charge is -2.32. The molecule has 4 rings (SSSR count). The van der Waals surface area contributed by atoms with E-state index in [0.29, 0.717) is 25.2 Å². The third-order valence-corrected chi connectivity index (χ3v) is 6.36. The Morgan fingerprint density at radius 2 is 2.17 bits per heavy atom. The molecule has 0 aliphatic carbocycles. The van der Waals surface area contributed by atoms with Gasteiger partial charge >= 0.3 is 0 Å². The van der Waals surface area contributed by atoms with E-state index < -0.39 is 10.0 Å². The molecule has 3 aliphatic heterocycles. The minimum absolute atomic E-state index is 0.0235. The Morgan fingerprint density at radius 3 is 3.04 bits per heavy atom. The van der Waals surface area contributed by atoms with Gasteiger partial charge in [0.1, 0.15) is 0 Å². The van der Waals surface area contributed by atoms with Crippen LogP contribution in [0.15, 0.2) is 39.8 Å². The molecule has 0 saturated carbocycles. The Morgan fingerprint density at radius 1 is 1.30 bits per heavy atom. The average molecular weight is 349 g/mol. The van der Waals surface area contributed by atoms with E-state index in [2.05, 4.69) is 4.40 Å². The highest BCUT2D eigenvalue weighted by Crippen LogP contribution is 2.26. The van der Waals surface area contributed by atoms with Crippen LogP contribution in [0.1, 0.15) is 10.4 Å². The van der Waals surface area contributed by atoms with Gasteiger partial charge in [-0.25, -0.2) is 8.42 Å². The molecule has 0 bridgehead atoms. The Kier molecular flexibility index (Phi) is 3.38. The van der Waals surface area contributed by atoms with E-state index in [-0.39, 0.29) is 17.5 Å². The maximum absolute atomic E-state index is 12.9. The molecule has 120 valence electrons. The summed E-state index contributed by atoms with van der Waals surface area (Å²) >= 11 is 1.72. The molecule has 0 unspecified atom stereocenters. The van der Waals surface area contributed by atoms with E-state index in [1.54, 1.807) is 39.5 Å². The molecule has 0 fully saturated rings. The van der Waals surface area contributed by atoms with Crippen LogP contribution in [0.5, 0.6) is 0 Å². The van der Waals surface area contributed by atoms with Gasteiger partial charge in [0.05, 0.1) is 11.3 Å². The number of nitrogens with zero attached hydrogens (tertiary/aromatic N) is 3. The van der Waals surface area contributed by atoms with Crippen molar-refractivity contribution < 1.29 is 13.2 Å². The summed E-state index contributed by atoms with van der Waals surface area (Å²) in [4.78, 5) is 17.7. The first kappa shape index (κ1) is 14.6. The van der Waals surface area contributed by atoms with Crippen molar-refractivity contribution in [3.63, 3.8) is 0 Å². The molecule has 0 atom stereocenters. The SMILES string of the molecule is O=C(C1=CC=CN2CCS(=O)(=O)N=C12)N1CCc2sccc2C1. The van der Waals surface area contributed by atoms with Crippen LogP contribution in [-0.2, 0) is 27.8 Å². The van der Waals surface area contributed by atoms with Crippen LogP contribution in [0.3, 0.4) is 0 Å². The molecule has 1 aromatic rings. The zero-order chi connectivity index (χ0) is 16.0. The molecule has 0 radical (unpaired) electrons. The van der Waals surface area contributed by atoms with Gasteiger partial charge in [0.2, 0.25) is 0 Å². The lowest BCUT2D eigenvalue weighted by molar-refractivity contribution is -0.127. The number of rotatable bonds is 1. The molecule has 8 heteroatoms. The maximum atomic E-state index is 12.9. The second-order valence-electron chi connectivity index (χ2n) is 5.66. The number of fused-ring (bicyclic) bond motifs is 2. The predicted octanol–water partition coefficient (Wildman–Crippen LogP) is 1.13. The summed E-state index contributed by atoms with van der Waals surface area (Å²) in [6, 6.07) is 2.05. The summed E-state index contributed by atoms with van der Waals surface area (Å²) in [5.41, 5.74) is 1.53. The van der Waals surface area contributed by atoms with E-state index >= 15 is 0 Å². The van der Waals surface area contributed by atoms with E-state index in [1.807, 2.05) is 11.4 Å². The number of amidine groups is 1. The smallest absolute Gasteiger partial charge is 0.257 e. The molecule has 1 aromatic heterocycles. The molecule has 0 spiro atoms. The van der Waals surface area contributed by atoms with Crippen LogP contribution in [0.2, 0.25) is 0 Å². The first-order valence-electron chi connectivity index (χ1n) is 7.36. The zero-order valence-electron chi connectivity index (χ0n) is 12.3. The zero-order valence-corrected chi connectivity index (χ0v) is 13.9. The number of carbonyl (C=O) groups excluding carboxylic acids is 1. The van der Waals surface area contributed by atoms with Gasteiger partial charge in [0, 0.05) is 30.7 Å². The minimum Gasteiger partial charge on any atom is -0.334 e. The lowest BCUT2D eigenvalue weighted by atomic mass is 10.1. The quantitative estimate of drug-likeness (QED) is 0.762. The molecule has 0 aromatic carbocycles. The topological polar surface area (TPSA) is 70.0 Å². The van der Waals surface area contributed by atoms with Gasteiger partial charge in [0.15, 0.2) is 5.84 Å². The summed E-state index contributed by atoms with van der Waals surface area (Å²) in [6.07, 6.45) is 6.03. The number of hydrogen-bond donors (Lipinski definition) is 0. The van der Waals surface area contributed by atoms with Crippen molar-refractivity contribution in [1.82, 2.24) is 9.80 Å².